The lowest BCUT2D eigenvalue weighted by atomic mass is 10.1. The molecule has 5 heteroatoms. The van der Waals surface area contributed by atoms with Gasteiger partial charge in [0.05, 0.1) is 29.3 Å². The SMILES string of the molecule is COc1cc(C#N)cc(C(=O)O)c1Cl. The first-order chi connectivity index (χ1) is 6.60. The number of aromatic carboxylic acids is 1. The molecule has 0 saturated heterocycles. The van der Waals surface area contributed by atoms with Gasteiger partial charge in [0.2, 0.25) is 0 Å². The summed E-state index contributed by atoms with van der Waals surface area (Å²) in [6, 6.07) is 4.41. The number of halogens is 1. The fourth-order valence-electron chi connectivity index (χ4n) is 0.967. The van der Waals surface area contributed by atoms with E-state index in [-0.39, 0.29) is 21.9 Å². The number of nitrogens with zero attached hydrogens (tertiary/aromatic N) is 1. The molecule has 0 aliphatic carbocycles. The fourth-order valence-corrected chi connectivity index (χ4v) is 1.23. The summed E-state index contributed by atoms with van der Waals surface area (Å²) in [7, 11) is 1.36. The van der Waals surface area contributed by atoms with E-state index in [4.69, 9.17) is 26.7 Å². The Hall–Kier alpha value is -1.73. The van der Waals surface area contributed by atoms with Gasteiger partial charge in [-0.25, -0.2) is 4.79 Å². The molecule has 0 atom stereocenters. The predicted octanol–water partition coefficient (Wildman–Crippen LogP) is 1.92. The molecule has 0 spiro atoms. The molecule has 1 N–H and O–H groups in total. The molecule has 1 aromatic carbocycles. The predicted molar refractivity (Wildman–Crippen MR) is 49.7 cm³/mol. The fraction of sp³-hybridized carbons (Fsp3) is 0.111. The van der Waals surface area contributed by atoms with E-state index in [0.717, 1.165) is 0 Å². The van der Waals surface area contributed by atoms with E-state index in [1.807, 2.05) is 6.07 Å². The van der Waals surface area contributed by atoms with Crippen molar-refractivity contribution in [3.63, 3.8) is 0 Å². The average molecular weight is 212 g/mol. The van der Waals surface area contributed by atoms with Crippen LogP contribution in [-0.2, 0) is 0 Å². The van der Waals surface area contributed by atoms with Crippen LogP contribution in [0.3, 0.4) is 0 Å². The van der Waals surface area contributed by atoms with Crippen LogP contribution in [0.2, 0.25) is 5.02 Å². The summed E-state index contributed by atoms with van der Waals surface area (Å²) >= 11 is 5.72. The van der Waals surface area contributed by atoms with Crippen LogP contribution in [0.15, 0.2) is 12.1 Å². The molecule has 0 aromatic heterocycles. The Kier molecular flexibility index (Phi) is 2.95. The van der Waals surface area contributed by atoms with Crippen molar-refractivity contribution < 1.29 is 14.6 Å². The molecule has 0 fully saturated rings. The van der Waals surface area contributed by atoms with Crippen molar-refractivity contribution in [1.82, 2.24) is 0 Å². The van der Waals surface area contributed by atoms with E-state index in [2.05, 4.69) is 0 Å². The normalized spacial score (nSPS) is 9.21. The number of carbonyl (C=O) groups is 1. The number of hydrogen-bond donors (Lipinski definition) is 1. The Morgan fingerprint density at radius 2 is 2.29 bits per heavy atom. The van der Waals surface area contributed by atoms with E-state index < -0.39 is 5.97 Å². The Morgan fingerprint density at radius 1 is 1.64 bits per heavy atom. The van der Waals surface area contributed by atoms with Crippen LogP contribution in [0.4, 0.5) is 0 Å². The molecule has 1 rings (SSSR count). The van der Waals surface area contributed by atoms with E-state index in [0.29, 0.717) is 0 Å². The maximum Gasteiger partial charge on any atom is 0.337 e. The zero-order valence-electron chi connectivity index (χ0n) is 7.24. The molecule has 0 amide bonds. The lowest BCUT2D eigenvalue weighted by Crippen LogP contribution is -2.00. The second kappa shape index (κ2) is 3.99. The van der Waals surface area contributed by atoms with E-state index in [9.17, 15) is 4.79 Å². The van der Waals surface area contributed by atoms with Gasteiger partial charge in [-0.15, -0.1) is 0 Å². The van der Waals surface area contributed by atoms with Crippen LogP contribution in [-0.4, -0.2) is 18.2 Å². The Morgan fingerprint density at radius 3 is 2.71 bits per heavy atom. The molecule has 0 radical (unpaired) electrons. The number of rotatable bonds is 2. The second-order valence-corrected chi connectivity index (χ2v) is 2.83. The summed E-state index contributed by atoms with van der Waals surface area (Å²) in [5.74, 6) is -1.01. The van der Waals surface area contributed by atoms with Crippen molar-refractivity contribution >= 4 is 17.6 Å². The number of benzene rings is 1. The summed E-state index contributed by atoms with van der Waals surface area (Å²) in [6.07, 6.45) is 0. The lowest BCUT2D eigenvalue weighted by molar-refractivity contribution is 0.0696. The first kappa shape index (κ1) is 10.4. The molecule has 1 aromatic rings. The smallest absolute Gasteiger partial charge is 0.337 e. The van der Waals surface area contributed by atoms with Crippen molar-refractivity contribution in [3.8, 4) is 11.8 Å². The van der Waals surface area contributed by atoms with Crippen molar-refractivity contribution in [2.45, 2.75) is 0 Å². The summed E-state index contributed by atoms with van der Waals surface area (Å²) < 4.78 is 4.83. The van der Waals surface area contributed by atoms with E-state index in [1.165, 1.54) is 19.2 Å². The maximum atomic E-state index is 10.7. The number of hydrogen-bond acceptors (Lipinski definition) is 3. The summed E-state index contributed by atoms with van der Waals surface area (Å²) in [6.45, 7) is 0. The summed E-state index contributed by atoms with van der Waals surface area (Å²) in [4.78, 5) is 10.7. The van der Waals surface area contributed by atoms with Crippen molar-refractivity contribution in [3.05, 3.63) is 28.3 Å². The van der Waals surface area contributed by atoms with Gasteiger partial charge < -0.3 is 9.84 Å². The summed E-state index contributed by atoms with van der Waals surface area (Å²) in [5.41, 5.74) is 0.0613. The highest BCUT2D eigenvalue weighted by Crippen LogP contribution is 2.29. The van der Waals surface area contributed by atoms with E-state index >= 15 is 0 Å². The number of methoxy groups -OCH3 is 1. The molecule has 0 unspecified atom stereocenters. The Bertz CT molecular complexity index is 423. The molecular weight excluding hydrogens is 206 g/mol. The molecule has 0 aliphatic heterocycles. The van der Waals surface area contributed by atoms with Gasteiger partial charge in [-0.1, -0.05) is 11.6 Å². The van der Waals surface area contributed by atoms with Crippen molar-refractivity contribution in [2.24, 2.45) is 0 Å². The molecule has 0 saturated carbocycles. The molecule has 0 aliphatic rings. The monoisotopic (exact) mass is 211 g/mol. The zero-order chi connectivity index (χ0) is 10.7. The second-order valence-electron chi connectivity index (χ2n) is 2.46. The Labute approximate surface area is 85.3 Å². The van der Waals surface area contributed by atoms with Crippen molar-refractivity contribution in [1.29, 1.82) is 5.26 Å². The number of carboxylic acid groups (broad SMARTS) is 1. The number of carboxylic acids is 1. The Balaban J connectivity index is 3.44. The molecule has 0 bridgehead atoms. The van der Waals surface area contributed by atoms with Gasteiger partial charge in [0.15, 0.2) is 0 Å². The van der Waals surface area contributed by atoms with Gasteiger partial charge in [0.1, 0.15) is 5.75 Å². The standard InChI is InChI=1S/C9H6ClNO3/c1-14-7-3-5(4-11)2-6(8(7)10)9(12)13/h2-3H,1H3,(H,12,13). The highest BCUT2D eigenvalue weighted by atomic mass is 35.5. The van der Waals surface area contributed by atoms with Gasteiger partial charge in [-0.05, 0) is 12.1 Å². The maximum absolute atomic E-state index is 10.7. The largest absolute Gasteiger partial charge is 0.495 e. The van der Waals surface area contributed by atoms with Crippen LogP contribution in [0.25, 0.3) is 0 Å². The van der Waals surface area contributed by atoms with Crippen LogP contribution in [0, 0.1) is 11.3 Å². The van der Waals surface area contributed by atoms with Crippen LogP contribution in [0.1, 0.15) is 15.9 Å². The lowest BCUT2D eigenvalue weighted by Gasteiger charge is -2.05. The third-order valence-electron chi connectivity index (χ3n) is 1.62. The first-order valence-electron chi connectivity index (χ1n) is 3.61. The van der Waals surface area contributed by atoms with Gasteiger partial charge in [0, 0.05) is 0 Å². The minimum atomic E-state index is -1.19. The minimum Gasteiger partial charge on any atom is -0.495 e. The minimum absolute atomic E-state index is 0.000926. The summed E-state index contributed by atoms with van der Waals surface area (Å²) in [5, 5.41) is 17.4. The van der Waals surface area contributed by atoms with Gasteiger partial charge >= 0.3 is 5.97 Å². The zero-order valence-corrected chi connectivity index (χ0v) is 8.00. The van der Waals surface area contributed by atoms with Gasteiger partial charge in [-0.3, -0.25) is 0 Å². The molecule has 14 heavy (non-hydrogen) atoms. The molecule has 4 nitrogen and oxygen atoms in total. The third kappa shape index (κ3) is 1.78. The van der Waals surface area contributed by atoms with Crippen molar-refractivity contribution in [2.75, 3.05) is 7.11 Å². The highest BCUT2D eigenvalue weighted by Gasteiger charge is 2.14. The molecule has 0 heterocycles. The number of nitriles is 1. The molecule has 72 valence electrons. The van der Waals surface area contributed by atoms with Crippen LogP contribution >= 0.6 is 11.6 Å². The van der Waals surface area contributed by atoms with Crippen LogP contribution < -0.4 is 4.74 Å². The first-order valence-corrected chi connectivity index (χ1v) is 3.99. The van der Waals surface area contributed by atoms with Gasteiger partial charge in [-0.2, -0.15) is 5.26 Å². The van der Waals surface area contributed by atoms with Gasteiger partial charge in [0.25, 0.3) is 0 Å². The highest BCUT2D eigenvalue weighted by molar-refractivity contribution is 6.35. The molecular formula is C9H6ClNO3. The third-order valence-corrected chi connectivity index (χ3v) is 2.01. The van der Waals surface area contributed by atoms with Crippen LogP contribution in [0.5, 0.6) is 5.75 Å². The number of ether oxygens (including phenoxy) is 1. The quantitative estimate of drug-likeness (QED) is 0.811. The topological polar surface area (TPSA) is 70.3 Å². The van der Waals surface area contributed by atoms with E-state index in [1.54, 1.807) is 0 Å². The average Bonchev–Trinajstić information content (AvgIpc) is 2.17.